The lowest BCUT2D eigenvalue weighted by Crippen LogP contribution is -2.69. The molecule has 0 atom stereocenters. The van der Waals surface area contributed by atoms with Gasteiger partial charge >= 0.3 is 72.1 Å². The van der Waals surface area contributed by atoms with Crippen molar-refractivity contribution in [1.29, 1.82) is 0 Å². The smallest absolute Gasteiger partial charge is 0.384 e. The van der Waals surface area contributed by atoms with Crippen LogP contribution < -0.4 is 0 Å². The molecule has 0 spiro atoms. The Morgan fingerprint density at radius 2 is 0.674 bits per heavy atom. The molecule has 0 aromatic carbocycles. The number of hydrogen-bond acceptors (Lipinski definition) is 0. The monoisotopic (exact) mass is 700 g/mol. The van der Waals surface area contributed by atoms with Gasteiger partial charge in [0.25, 0.3) is 0 Å². The van der Waals surface area contributed by atoms with Crippen LogP contribution in [0.2, 0.25) is 0 Å². The summed E-state index contributed by atoms with van der Waals surface area (Å²) in [7, 11) is 0. The van der Waals surface area contributed by atoms with Crippen molar-refractivity contribution in [3.05, 3.63) is 5.32 Å². The van der Waals surface area contributed by atoms with Crippen molar-refractivity contribution in [2.24, 2.45) is 5.92 Å². The molecule has 0 bridgehead atoms. The normalized spacial score (nSPS) is 16.2. The molecule has 0 radical (unpaired) electrons. The molecule has 260 valence electrons. The van der Waals surface area contributed by atoms with Gasteiger partial charge in [-0.2, -0.15) is 94.4 Å². The first-order valence-corrected chi connectivity index (χ1v) is 10.5. The Hall–Kier alpha value is -1.72. The van der Waals surface area contributed by atoms with Gasteiger partial charge in [-0.3, -0.25) is 0 Å². The highest BCUT2D eigenvalue weighted by molar-refractivity contribution is 5.12. The molecule has 25 heteroatoms. The molecule has 1 nitrogen and oxygen atoms in total. The van der Waals surface area contributed by atoms with E-state index >= 15 is 0 Å². The van der Waals surface area contributed by atoms with Crippen molar-refractivity contribution >= 4 is 0 Å². The summed E-state index contributed by atoms with van der Waals surface area (Å²) >= 11 is 0. The van der Waals surface area contributed by atoms with Crippen LogP contribution in [0.15, 0.2) is 0 Å². The van der Waals surface area contributed by atoms with Crippen LogP contribution in [0.5, 0.6) is 0 Å². The van der Waals surface area contributed by atoms with E-state index < -0.39 is 104 Å². The van der Waals surface area contributed by atoms with Crippen molar-refractivity contribution < 1.29 is 105 Å². The Morgan fingerprint density at radius 1 is 0.419 bits per heavy atom. The molecule has 0 saturated heterocycles. The van der Waals surface area contributed by atoms with Gasteiger partial charge in [0.2, 0.25) is 0 Å². The molecule has 0 heterocycles. The van der Waals surface area contributed by atoms with Crippen molar-refractivity contribution in [3.8, 4) is 0 Å². The van der Waals surface area contributed by atoms with E-state index in [1.165, 1.54) is 0 Å². The van der Waals surface area contributed by atoms with Gasteiger partial charge in [0, 0.05) is 12.8 Å². The largest absolute Gasteiger partial charge is 0.662 e. The predicted octanol–water partition coefficient (Wildman–Crippen LogP) is 9.66. The summed E-state index contributed by atoms with van der Waals surface area (Å²) in [5.74, 6) is -81.6. The predicted molar refractivity (Wildman–Crippen MR) is 93.0 cm³/mol. The minimum Gasteiger partial charge on any atom is -0.662 e. The van der Waals surface area contributed by atoms with E-state index in [1.54, 1.807) is 0 Å². The molecule has 0 unspecified atom stereocenters. The fraction of sp³-hybridized carbons (Fsp3) is 1.00. The highest BCUT2D eigenvalue weighted by atomic mass is 19.4. The molecule has 0 aliphatic rings. The Kier molecular flexibility index (Phi) is 11.4. The minimum atomic E-state index is -8.24. The number of halogens is 24. The third kappa shape index (κ3) is 6.37. The highest BCUT2D eigenvalue weighted by Crippen LogP contribution is 2.61. The molecule has 0 rings (SSSR count). The zero-order chi connectivity index (χ0) is 35.3. The molecule has 0 fully saturated rings. The van der Waals surface area contributed by atoms with Gasteiger partial charge in [0.1, 0.15) is 0 Å². The van der Waals surface area contributed by atoms with Crippen LogP contribution in [0, 0.1) is 5.92 Å². The standard InChI is InChI=1S/C18H14F24N/c1-2-43-5-6(3-9(23,24)13(31,32)17(39,40)15(35,36)11(27,28)7(19)20)4-10(25,26)14(33,34)18(41,42)16(37,38)12(29,30)8(21)22/h6-8H,2-5H2,1H3/q-1. The number of rotatable bonds is 17. The van der Waals surface area contributed by atoms with E-state index in [-0.39, 0.29) is 0 Å². The first kappa shape index (κ1) is 41.3. The lowest BCUT2D eigenvalue weighted by atomic mass is 9.84. The van der Waals surface area contributed by atoms with Gasteiger partial charge in [-0.25, -0.2) is 17.6 Å². The van der Waals surface area contributed by atoms with Crippen LogP contribution >= 0.6 is 0 Å². The lowest BCUT2D eigenvalue weighted by Gasteiger charge is -2.42. The van der Waals surface area contributed by atoms with Gasteiger partial charge in [0.05, 0.1) is 0 Å². The second-order valence-electron chi connectivity index (χ2n) is 8.70. The molecule has 0 aliphatic heterocycles. The van der Waals surface area contributed by atoms with E-state index in [2.05, 4.69) is 5.32 Å². The summed E-state index contributed by atoms with van der Waals surface area (Å²) in [5, 5.41) is 2.79. The van der Waals surface area contributed by atoms with E-state index in [9.17, 15) is 105 Å². The summed E-state index contributed by atoms with van der Waals surface area (Å²) < 4.78 is 320. The van der Waals surface area contributed by atoms with Gasteiger partial charge in [-0.05, 0) is 5.92 Å². The molecular formula is C18H14F24N-. The first-order chi connectivity index (χ1) is 18.5. The van der Waals surface area contributed by atoms with Gasteiger partial charge in [-0.1, -0.05) is 6.92 Å². The quantitative estimate of drug-likeness (QED) is 0.134. The SMILES string of the molecule is CC[N-]CC(CC(F)(F)C(F)(F)C(F)(F)C(F)(F)C(F)(F)C(F)F)CC(F)(F)C(F)(F)C(F)(F)C(F)(F)C(F)(F)C(F)F. The fourth-order valence-electron chi connectivity index (χ4n) is 3.04. The summed E-state index contributed by atoms with van der Waals surface area (Å²) in [5.41, 5.74) is 0. The Balaban J connectivity index is 6.76. The molecule has 0 saturated carbocycles. The number of nitrogens with zero attached hydrogens (tertiary/aromatic N) is 1. The van der Waals surface area contributed by atoms with Crippen LogP contribution in [0.1, 0.15) is 19.8 Å². The second-order valence-corrected chi connectivity index (χ2v) is 8.70. The van der Waals surface area contributed by atoms with Crippen molar-refractivity contribution in [1.82, 2.24) is 0 Å². The molecule has 0 amide bonds. The maximum atomic E-state index is 14.1. The van der Waals surface area contributed by atoms with Gasteiger partial charge in [-0.15, -0.1) is 6.54 Å². The van der Waals surface area contributed by atoms with Crippen molar-refractivity contribution in [2.45, 2.75) is 91.8 Å². The first-order valence-electron chi connectivity index (χ1n) is 10.5. The van der Waals surface area contributed by atoms with Crippen LogP contribution in [0.25, 0.3) is 5.32 Å². The average molecular weight is 700 g/mol. The van der Waals surface area contributed by atoms with Crippen LogP contribution in [0.3, 0.4) is 0 Å². The van der Waals surface area contributed by atoms with Crippen LogP contribution in [0.4, 0.5) is 105 Å². The van der Waals surface area contributed by atoms with E-state index in [0.717, 1.165) is 6.92 Å². The zero-order valence-electron chi connectivity index (χ0n) is 20.1. The van der Waals surface area contributed by atoms with Crippen LogP contribution in [-0.2, 0) is 0 Å². The van der Waals surface area contributed by atoms with E-state index in [0.29, 0.717) is 0 Å². The fourth-order valence-corrected chi connectivity index (χ4v) is 3.04. The topological polar surface area (TPSA) is 14.1 Å². The Morgan fingerprint density at radius 3 is 0.884 bits per heavy atom. The summed E-state index contributed by atoms with van der Waals surface area (Å²) in [4.78, 5) is 0. The van der Waals surface area contributed by atoms with Crippen molar-refractivity contribution in [3.63, 3.8) is 0 Å². The molecule has 43 heavy (non-hydrogen) atoms. The Labute approximate surface area is 222 Å². The van der Waals surface area contributed by atoms with Gasteiger partial charge < -0.3 is 5.32 Å². The van der Waals surface area contributed by atoms with Crippen molar-refractivity contribution in [2.75, 3.05) is 13.1 Å². The summed E-state index contributed by atoms with van der Waals surface area (Å²) in [6.07, 6.45) is -19.2. The van der Waals surface area contributed by atoms with E-state index in [1.807, 2.05) is 0 Å². The third-order valence-electron chi connectivity index (χ3n) is 5.58. The Bertz CT molecular complexity index is 853. The number of hydrogen-bond donors (Lipinski definition) is 0. The maximum absolute atomic E-state index is 14.1. The maximum Gasteiger partial charge on any atom is 0.384 e. The minimum absolute atomic E-state index is 0.790. The zero-order valence-corrected chi connectivity index (χ0v) is 20.1. The number of alkyl halides is 24. The van der Waals surface area contributed by atoms with Crippen LogP contribution in [-0.4, -0.2) is 85.2 Å². The average Bonchev–Trinajstić information content (AvgIpc) is 2.80. The molecule has 0 N–H and O–H groups in total. The molecule has 0 aromatic rings. The summed E-state index contributed by atoms with van der Waals surface area (Å²) in [6, 6.07) is 0. The van der Waals surface area contributed by atoms with Gasteiger partial charge in [0.15, 0.2) is 0 Å². The molecule has 0 aliphatic carbocycles. The highest BCUT2D eigenvalue weighted by Gasteiger charge is 2.89. The molecular weight excluding hydrogens is 686 g/mol. The summed E-state index contributed by atoms with van der Waals surface area (Å²) in [6.45, 7) is -2.12. The molecule has 0 aromatic heterocycles. The van der Waals surface area contributed by atoms with E-state index in [4.69, 9.17) is 0 Å². The third-order valence-corrected chi connectivity index (χ3v) is 5.58. The lowest BCUT2D eigenvalue weighted by molar-refractivity contribution is -0.417. The second kappa shape index (κ2) is 11.9.